The molecule has 0 saturated heterocycles. The molecule has 0 radical (unpaired) electrons. The van der Waals surface area contributed by atoms with Gasteiger partial charge < -0.3 is 13.7 Å². The fraction of sp³-hybridized carbons (Fsp3) is 0. The highest BCUT2D eigenvalue weighted by atomic mass is 16.4. The molecule has 0 spiro atoms. The highest BCUT2D eigenvalue weighted by Gasteiger charge is 2.17. The van der Waals surface area contributed by atoms with E-state index in [1.807, 2.05) is 121 Å². The Bertz CT molecular complexity index is 3390. The van der Waals surface area contributed by atoms with Gasteiger partial charge in [0.15, 0.2) is 11.2 Å². The summed E-state index contributed by atoms with van der Waals surface area (Å²) in [5.74, 6) is 0.853. The minimum absolute atomic E-state index is 0.00804. The van der Waals surface area contributed by atoms with Gasteiger partial charge in [-0.3, -0.25) is 9.97 Å². The van der Waals surface area contributed by atoms with E-state index in [0.717, 1.165) is 16.4 Å². The van der Waals surface area contributed by atoms with Crippen LogP contribution in [0.1, 0.15) is 8.22 Å². The van der Waals surface area contributed by atoms with E-state index < -0.39 is 0 Å². The van der Waals surface area contributed by atoms with Crippen LogP contribution in [-0.2, 0) is 0 Å². The van der Waals surface area contributed by atoms with Crippen LogP contribution in [0, 0.1) is 0 Å². The molecule has 258 valence electrons. The van der Waals surface area contributed by atoms with E-state index in [1.165, 1.54) is 0 Å². The first-order valence-electron chi connectivity index (χ1n) is 20.6. The Kier molecular flexibility index (Phi) is 5.76. The molecule has 0 aliphatic rings. The molecule has 4 heterocycles. The average molecular weight is 714 g/mol. The molecule has 4 aromatic heterocycles. The minimum Gasteiger partial charge on any atom is -0.436 e. The van der Waals surface area contributed by atoms with E-state index in [0.29, 0.717) is 67.4 Å². The molecule has 7 nitrogen and oxygen atoms in total. The molecule has 7 aromatic carbocycles. The molecule has 11 aromatic rings. The van der Waals surface area contributed by atoms with Gasteiger partial charge >= 0.3 is 0 Å². The van der Waals surface area contributed by atoms with Gasteiger partial charge in [0.05, 0.1) is 19.3 Å². The Morgan fingerprint density at radius 2 is 1.07 bits per heavy atom. The maximum Gasteiger partial charge on any atom is 0.227 e. The second kappa shape index (κ2) is 12.5. The summed E-state index contributed by atoms with van der Waals surface area (Å²) in [6.07, 6.45) is 3.26. The van der Waals surface area contributed by atoms with Crippen LogP contribution in [0.4, 0.5) is 17.1 Å². The Labute approximate surface area is 323 Å². The van der Waals surface area contributed by atoms with Crippen molar-refractivity contribution in [2.24, 2.45) is 0 Å². The van der Waals surface area contributed by atoms with Crippen LogP contribution in [0.3, 0.4) is 0 Å². The van der Waals surface area contributed by atoms with Gasteiger partial charge in [0.1, 0.15) is 11.0 Å². The smallest absolute Gasteiger partial charge is 0.227 e. The van der Waals surface area contributed by atoms with Crippen molar-refractivity contribution in [3.8, 4) is 34.0 Å². The highest BCUT2D eigenvalue weighted by molar-refractivity contribution is 6.08. The minimum atomic E-state index is -0.345. The number of para-hydroxylation sites is 4. The third kappa shape index (κ3) is 5.37. The van der Waals surface area contributed by atoms with Crippen molar-refractivity contribution in [2.75, 3.05) is 4.90 Å². The van der Waals surface area contributed by atoms with Crippen LogP contribution in [0.2, 0.25) is 0 Å². The van der Waals surface area contributed by atoms with Crippen LogP contribution in [0.25, 0.3) is 88.8 Å². The monoisotopic (exact) mass is 713 g/mol. The lowest BCUT2D eigenvalue weighted by Crippen LogP contribution is -2.09. The van der Waals surface area contributed by atoms with Crippen LogP contribution >= 0.6 is 0 Å². The first kappa shape index (κ1) is 25.4. The fourth-order valence-corrected chi connectivity index (χ4v) is 6.99. The van der Waals surface area contributed by atoms with Gasteiger partial charge in [0.2, 0.25) is 11.8 Å². The highest BCUT2D eigenvalue weighted by Crippen LogP contribution is 2.40. The van der Waals surface area contributed by atoms with Crippen molar-refractivity contribution in [2.45, 2.75) is 0 Å². The standard InChI is InChI=1S/C48H29N5O2/c1-3-9-43-41(7-1)51-47(54-43)31-13-19-36(20-14-31)53(37-21-15-32(16-22-37)48-52-42-8-2-4-10-44(42)55-48)38-23-17-33-28-35(12-11-34(33)29-38)39-25-27-50-46-40(39)24-18-30-6-5-26-49-45(30)46/h1-29H/i11D,12D,17D,23D,28D,29D. The average Bonchev–Trinajstić information content (AvgIpc) is 3.94. The van der Waals surface area contributed by atoms with Crippen molar-refractivity contribution >= 4 is 71.8 Å². The zero-order valence-corrected chi connectivity index (χ0v) is 28.8. The van der Waals surface area contributed by atoms with Gasteiger partial charge in [-0.1, -0.05) is 60.6 Å². The molecule has 0 N–H and O–H groups in total. The second-order valence-electron chi connectivity index (χ2n) is 13.0. The zero-order valence-electron chi connectivity index (χ0n) is 34.8. The Hall–Kier alpha value is -7.64. The van der Waals surface area contributed by atoms with E-state index >= 15 is 0 Å². The van der Waals surface area contributed by atoms with E-state index in [2.05, 4.69) is 19.9 Å². The molecule has 55 heavy (non-hydrogen) atoms. The maximum absolute atomic E-state index is 9.71. The molecule has 7 heteroatoms. The van der Waals surface area contributed by atoms with Gasteiger partial charge in [-0.15, -0.1) is 0 Å². The molecule has 0 bridgehead atoms. The van der Waals surface area contributed by atoms with E-state index in [1.54, 1.807) is 23.4 Å². The van der Waals surface area contributed by atoms with E-state index in [-0.39, 0.29) is 58.3 Å². The number of aromatic nitrogens is 4. The van der Waals surface area contributed by atoms with Crippen molar-refractivity contribution < 1.29 is 17.1 Å². The third-order valence-corrected chi connectivity index (χ3v) is 9.67. The number of hydrogen-bond donors (Lipinski definition) is 0. The molecule has 0 aliphatic carbocycles. The largest absolute Gasteiger partial charge is 0.436 e. The molecule has 0 saturated carbocycles. The summed E-state index contributed by atoms with van der Waals surface area (Å²) in [4.78, 5) is 20.1. The summed E-state index contributed by atoms with van der Waals surface area (Å²) in [7, 11) is 0. The fourth-order valence-electron chi connectivity index (χ4n) is 6.99. The summed E-state index contributed by atoms with van der Waals surface area (Å²) in [6, 6.07) is 37.0. The number of fused-ring (bicyclic) bond motifs is 6. The van der Waals surface area contributed by atoms with E-state index in [9.17, 15) is 8.22 Å². The number of pyridine rings is 2. The summed E-state index contributed by atoms with van der Waals surface area (Å²) in [5.41, 5.74) is 7.06. The van der Waals surface area contributed by atoms with Crippen molar-refractivity contribution in [3.05, 3.63) is 176 Å². The van der Waals surface area contributed by atoms with Crippen molar-refractivity contribution in [1.82, 2.24) is 19.9 Å². The van der Waals surface area contributed by atoms with Crippen LogP contribution in [-0.4, -0.2) is 19.9 Å². The third-order valence-electron chi connectivity index (χ3n) is 9.67. The topological polar surface area (TPSA) is 81.1 Å². The lowest BCUT2D eigenvalue weighted by molar-refractivity contribution is 0.619. The molecule has 0 aliphatic heterocycles. The number of hydrogen-bond acceptors (Lipinski definition) is 7. The van der Waals surface area contributed by atoms with E-state index in [4.69, 9.17) is 8.83 Å². The van der Waals surface area contributed by atoms with Gasteiger partial charge in [0, 0.05) is 51.4 Å². The number of rotatable bonds is 6. The number of nitrogens with zero attached hydrogens (tertiary/aromatic N) is 5. The molecular weight excluding hydrogens is 679 g/mol. The number of anilines is 3. The molecular formula is C48H29N5O2. The zero-order chi connectivity index (χ0) is 41.5. The van der Waals surface area contributed by atoms with Gasteiger partial charge in [-0.2, -0.15) is 0 Å². The summed E-state index contributed by atoms with van der Waals surface area (Å²) >= 11 is 0. The SMILES string of the molecule is [2H]c1c(N(c2ccc(-c3nc4ccccc4o3)cc2)c2ccc(-c3nc4ccccc4o3)cc2)c([2H])c2c([2H])c([2H])c(-c3ccnc4c3ccc3cccnc34)c([2H])c2c1[2H]. The molecule has 0 atom stereocenters. The molecule has 0 fully saturated rings. The maximum atomic E-state index is 9.71. The van der Waals surface area contributed by atoms with Gasteiger partial charge in [-0.25, -0.2) is 9.97 Å². The first-order chi connectivity index (χ1) is 29.7. The first-order valence-corrected chi connectivity index (χ1v) is 17.6. The summed E-state index contributed by atoms with van der Waals surface area (Å²) in [5, 5.41) is 1.37. The quantitative estimate of drug-likeness (QED) is 0.159. The van der Waals surface area contributed by atoms with Crippen LogP contribution < -0.4 is 4.90 Å². The summed E-state index contributed by atoms with van der Waals surface area (Å²) < 4.78 is 69.0. The van der Waals surface area contributed by atoms with Crippen molar-refractivity contribution in [3.63, 3.8) is 0 Å². The number of benzene rings is 7. The Balaban J connectivity index is 1.10. The lowest BCUT2D eigenvalue weighted by Gasteiger charge is -2.26. The van der Waals surface area contributed by atoms with Crippen LogP contribution in [0.15, 0.2) is 185 Å². The molecule has 0 amide bonds. The lowest BCUT2D eigenvalue weighted by atomic mass is 9.97. The summed E-state index contributed by atoms with van der Waals surface area (Å²) in [6.45, 7) is 0. The molecule has 0 unspecified atom stereocenters. The Morgan fingerprint density at radius 3 is 1.75 bits per heavy atom. The van der Waals surface area contributed by atoms with Crippen LogP contribution in [0.5, 0.6) is 0 Å². The molecule has 11 rings (SSSR count). The van der Waals surface area contributed by atoms with Gasteiger partial charge in [0.25, 0.3) is 0 Å². The predicted octanol–water partition coefficient (Wildman–Crippen LogP) is 12.7. The van der Waals surface area contributed by atoms with Crippen molar-refractivity contribution in [1.29, 1.82) is 0 Å². The van der Waals surface area contributed by atoms with Gasteiger partial charge in [-0.05, 0) is 125 Å². The predicted molar refractivity (Wildman–Crippen MR) is 221 cm³/mol. The normalized spacial score (nSPS) is 13.2. The Morgan fingerprint density at radius 1 is 0.455 bits per heavy atom. The number of oxazole rings is 2. The second-order valence-corrected chi connectivity index (χ2v) is 13.0.